The molecule has 3 rings (SSSR count). The van der Waals surface area contributed by atoms with Crippen molar-refractivity contribution in [3.63, 3.8) is 0 Å². The molecule has 0 unspecified atom stereocenters. The number of benzene rings is 1. The number of nitrogens with one attached hydrogen (secondary N) is 1. The Morgan fingerprint density at radius 3 is 2.45 bits per heavy atom. The van der Waals surface area contributed by atoms with E-state index in [0.717, 1.165) is 31.6 Å². The number of hydrogen-bond acceptors (Lipinski definition) is 3. The molecule has 2 atom stereocenters. The Bertz CT molecular complexity index is 523. The first-order chi connectivity index (χ1) is 10.5. The third-order valence-electron chi connectivity index (χ3n) is 5.15. The van der Waals surface area contributed by atoms with Crippen molar-refractivity contribution >= 4 is 5.91 Å². The normalized spacial score (nSPS) is 33.5. The summed E-state index contributed by atoms with van der Waals surface area (Å²) in [4.78, 5) is 14.8. The lowest BCUT2D eigenvalue weighted by Crippen LogP contribution is -2.63. The molecule has 0 aromatic heterocycles. The number of hydrogen-bond donors (Lipinski definition) is 2. The maximum absolute atomic E-state index is 12.4. The summed E-state index contributed by atoms with van der Waals surface area (Å²) < 4.78 is 0. The van der Waals surface area contributed by atoms with Crippen molar-refractivity contribution in [2.75, 3.05) is 19.6 Å². The van der Waals surface area contributed by atoms with Gasteiger partial charge in [-0.1, -0.05) is 36.8 Å². The van der Waals surface area contributed by atoms with Crippen LogP contribution in [0.2, 0.25) is 0 Å². The predicted octanol–water partition coefficient (Wildman–Crippen LogP) is 2.03. The number of carbonyl (C=O) groups excluding carboxylic acids is 1. The SMILES string of the molecule is C[C@]1(O)CC[C@](CN2CCCCC2)(c2ccccc2)NC1=O. The highest BCUT2D eigenvalue weighted by Gasteiger charge is 2.46. The molecule has 0 radical (unpaired) electrons. The fraction of sp³-hybridized carbons (Fsp3) is 0.611. The number of amides is 1. The van der Waals surface area contributed by atoms with Crippen LogP contribution in [0.25, 0.3) is 0 Å². The standard InChI is InChI=1S/C18H26N2O2/c1-17(22)10-11-18(19-16(17)21,15-8-4-2-5-9-15)14-20-12-6-3-7-13-20/h2,4-5,8-9,22H,3,6-7,10-14H2,1H3,(H,19,21)/t17-,18-/m0/s1. The van der Waals surface area contributed by atoms with Gasteiger partial charge in [-0.2, -0.15) is 0 Å². The molecule has 0 saturated carbocycles. The highest BCUT2D eigenvalue weighted by atomic mass is 16.3. The minimum absolute atomic E-state index is 0.250. The molecule has 0 aliphatic carbocycles. The monoisotopic (exact) mass is 302 g/mol. The van der Waals surface area contributed by atoms with Crippen molar-refractivity contribution in [3.8, 4) is 0 Å². The molecule has 2 saturated heterocycles. The summed E-state index contributed by atoms with van der Waals surface area (Å²) in [5.41, 5.74) is -0.484. The first-order valence-corrected chi connectivity index (χ1v) is 8.35. The molecule has 1 amide bonds. The third-order valence-corrected chi connectivity index (χ3v) is 5.15. The van der Waals surface area contributed by atoms with Crippen LogP contribution >= 0.6 is 0 Å². The Morgan fingerprint density at radius 2 is 1.82 bits per heavy atom. The van der Waals surface area contributed by atoms with E-state index >= 15 is 0 Å². The van der Waals surface area contributed by atoms with Crippen LogP contribution in [-0.2, 0) is 10.3 Å². The van der Waals surface area contributed by atoms with Gasteiger partial charge >= 0.3 is 0 Å². The van der Waals surface area contributed by atoms with Crippen LogP contribution in [0.15, 0.2) is 30.3 Å². The van der Waals surface area contributed by atoms with Crippen LogP contribution in [0.1, 0.15) is 44.6 Å². The third kappa shape index (κ3) is 3.03. The van der Waals surface area contributed by atoms with Gasteiger partial charge in [-0.25, -0.2) is 0 Å². The Kier molecular flexibility index (Phi) is 4.24. The van der Waals surface area contributed by atoms with Crippen LogP contribution in [-0.4, -0.2) is 41.1 Å². The Morgan fingerprint density at radius 1 is 1.14 bits per heavy atom. The van der Waals surface area contributed by atoms with E-state index in [1.54, 1.807) is 6.92 Å². The van der Waals surface area contributed by atoms with Crippen LogP contribution < -0.4 is 5.32 Å². The molecule has 2 aliphatic rings. The van der Waals surface area contributed by atoms with E-state index in [-0.39, 0.29) is 11.4 Å². The summed E-state index contributed by atoms with van der Waals surface area (Å²) in [6.07, 6.45) is 5.04. The molecular weight excluding hydrogens is 276 g/mol. The molecule has 2 fully saturated rings. The second kappa shape index (κ2) is 6.01. The smallest absolute Gasteiger partial charge is 0.252 e. The first kappa shape index (κ1) is 15.5. The molecule has 4 heteroatoms. The minimum Gasteiger partial charge on any atom is -0.380 e. The topological polar surface area (TPSA) is 52.6 Å². The minimum atomic E-state index is -1.25. The van der Waals surface area contributed by atoms with Gasteiger partial charge in [0, 0.05) is 6.54 Å². The molecule has 4 nitrogen and oxygen atoms in total. The number of carbonyl (C=O) groups is 1. The summed E-state index contributed by atoms with van der Waals surface area (Å²) in [5, 5.41) is 13.4. The van der Waals surface area contributed by atoms with Gasteiger partial charge in [0.15, 0.2) is 0 Å². The Balaban J connectivity index is 1.87. The van der Waals surface area contributed by atoms with Crippen LogP contribution in [0.3, 0.4) is 0 Å². The van der Waals surface area contributed by atoms with Gasteiger partial charge in [0.05, 0.1) is 5.54 Å². The van der Waals surface area contributed by atoms with Gasteiger partial charge in [-0.15, -0.1) is 0 Å². The van der Waals surface area contributed by atoms with Crippen molar-refractivity contribution in [1.29, 1.82) is 0 Å². The van der Waals surface area contributed by atoms with Gasteiger partial charge in [-0.05, 0) is 51.3 Å². The van der Waals surface area contributed by atoms with Crippen molar-refractivity contribution in [1.82, 2.24) is 10.2 Å². The largest absolute Gasteiger partial charge is 0.380 e. The fourth-order valence-electron chi connectivity index (χ4n) is 3.67. The molecular formula is C18H26N2O2. The Hall–Kier alpha value is -1.39. The van der Waals surface area contributed by atoms with E-state index in [4.69, 9.17) is 0 Å². The lowest BCUT2D eigenvalue weighted by Gasteiger charge is -2.46. The van der Waals surface area contributed by atoms with E-state index < -0.39 is 5.60 Å². The average molecular weight is 302 g/mol. The van der Waals surface area contributed by atoms with E-state index in [1.807, 2.05) is 18.2 Å². The van der Waals surface area contributed by atoms with E-state index in [2.05, 4.69) is 22.3 Å². The van der Waals surface area contributed by atoms with Crippen LogP contribution in [0.5, 0.6) is 0 Å². The van der Waals surface area contributed by atoms with Crippen molar-refractivity contribution in [2.45, 2.75) is 50.2 Å². The zero-order chi connectivity index (χ0) is 15.6. The summed E-state index contributed by atoms with van der Waals surface area (Å²) in [6, 6.07) is 10.2. The molecule has 0 spiro atoms. The summed E-state index contributed by atoms with van der Waals surface area (Å²) in [7, 11) is 0. The highest BCUT2D eigenvalue weighted by Crippen LogP contribution is 2.35. The maximum atomic E-state index is 12.4. The molecule has 2 N–H and O–H groups in total. The van der Waals surface area contributed by atoms with Gasteiger partial charge < -0.3 is 15.3 Å². The summed E-state index contributed by atoms with van der Waals surface area (Å²) in [6.45, 7) is 4.64. The fourth-order valence-corrected chi connectivity index (χ4v) is 3.67. The van der Waals surface area contributed by atoms with Crippen molar-refractivity contribution < 1.29 is 9.90 Å². The van der Waals surface area contributed by atoms with Crippen LogP contribution in [0, 0.1) is 0 Å². The number of piperidine rings is 2. The average Bonchev–Trinajstić information content (AvgIpc) is 2.53. The predicted molar refractivity (Wildman–Crippen MR) is 86.4 cm³/mol. The lowest BCUT2D eigenvalue weighted by atomic mass is 9.77. The molecule has 120 valence electrons. The zero-order valence-corrected chi connectivity index (χ0v) is 13.3. The molecule has 0 bridgehead atoms. The first-order valence-electron chi connectivity index (χ1n) is 8.35. The van der Waals surface area contributed by atoms with E-state index in [1.165, 1.54) is 19.3 Å². The van der Waals surface area contributed by atoms with Gasteiger partial charge in [-0.3, -0.25) is 4.79 Å². The van der Waals surface area contributed by atoms with Crippen LogP contribution in [0.4, 0.5) is 0 Å². The highest BCUT2D eigenvalue weighted by molar-refractivity contribution is 5.86. The van der Waals surface area contributed by atoms with E-state index in [0.29, 0.717) is 6.42 Å². The molecule has 2 aliphatic heterocycles. The lowest BCUT2D eigenvalue weighted by molar-refractivity contribution is -0.147. The molecule has 1 aromatic rings. The van der Waals surface area contributed by atoms with Gasteiger partial charge in [0.2, 0.25) is 0 Å². The van der Waals surface area contributed by atoms with Crippen molar-refractivity contribution in [3.05, 3.63) is 35.9 Å². The molecule has 1 aromatic carbocycles. The summed E-state index contributed by atoms with van der Waals surface area (Å²) in [5.74, 6) is -0.250. The number of rotatable bonds is 3. The van der Waals surface area contributed by atoms with Gasteiger partial charge in [0.25, 0.3) is 5.91 Å². The second-order valence-electron chi connectivity index (χ2n) is 7.01. The van der Waals surface area contributed by atoms with Gasteiger partial charge in [0.1, 0.15) is 5.60 Å². The molecule has 2 heterocycles. The zero-order valence-electron chi connectivity index (χ0n) is 13.3. The quantitative estimate of drug-likeness (QED) is 0.898. The maximum Gasteiger partial charge on any atom is 0.252 e. The summed E-state index contributed by atoms with van der Waals surface area (Å²) >= 11 is 0. The number of nitrogens with zero attached hydrogens (tertiary/aromatic N) is 1. The number of likely N-dealkylation sites (tertiary alicyclic amines) is 1. The molecule has 22 heavy (non-hydrogen) atoms. The van der Waals surface area contributed by atoms with Crippen molar-refractivity contribution in [2.24, 2.45) is 0 Å². The second-order valence-corrected chi connectivity index (χ2v) is 7.01. The Labute approximate surface area is 132 Å². The number of aliphatic hydroxyl groups is 1. The van der Waals surface area contributed by atoms with E-state index in [9.17, 15) is 9.90 Å².